The Balaban J connectivity index is 2.49. The van der Waals surface area contributed by atoms with Gasteiger partial charge in [-0.25, -0.2) is 4.79 Å². The van der Waals surface area contributed by atoms with Crippen molar-refractivity contribution < 1.29 is 14.3 Å². The Bertz CT molecular complexity index is 375. The molecule has 2 unspecified atom stereocenters. The first kappa shape index (κ1) is 15.5. The molecule has 2 atom stereocenters. The van der Waals surface area contributed by atoms with E-state index in [1.54, 1.807) is 6.08 Å². The molecule has 106 valence electrons. The molecule has 4 heteroatoms. The van der Waals surface area contributed by atoms with Gasteiger partial charge in [0.15, 0.2) is 0 Å². The van der Waals surface area contributed by atoms with Crippen LogP contribution in [-0.2, 0) is 9.47 Å². The molecule has 0 aromatic heterocycles. The van der Waals surface area contributed by atoms with Gasteiger partial charge in [0.2, 0.25) is 0 Å². The summed E-state index contributed by atoms with van der Waals surface area (Å²) in [7, 11) is 0. The fourth-order valence-corrected chi connectivity index (χ4v) is 1.58. The van der Waals surface area contributed by atoms with Crippen molar-refractivity contribution in [3.63, 3.8) is 0 Å². The monoisotopic (exact) mass is 265 g/mol. The molecule has 1 N–H and O–H groups in total. The summed E-state index contributed by atoms with van der Waals surface area (Å²) in [5.41, 5.74) is 0.412. The van der Waals surface area contributed by atoms with Gasteiger partial charge >= 0.3 is 6.09 Å². The van der Waals surface area contributed by atoms with Crippen LogP contribution in [-0.4, -0.2) is 30.4 Å². The van der Waals surface area contributed by atoms with Crippen molar-refractivity contribution in [1.82, 2.24) is 5.32 Å². The van der Waals surface area contributed by atoms with Crippen molar-refractivity contribution in [2.45, 2.75) is 44.9 Å². The van der Waals surface area contributed by atoms with E-state index in [0.29, 0.717) is 13.0 Å². The van der Waals surface area contributed by atoms with Crippen LogP contribution in [0.2, 0.25) is 0 Å². The molecule has 1 saturated heterocycles. The van der Waals surface area contributed by atoms with Crippen LogP contribution in [0.25, 0.3) is 0 Å². The smallest absolute Gasteiger partial charge is 0.407 e. The van der Waals surface area contributed by atoms with Gasteiger partial charge in [0, 0.05) is 0 Å². The van der Waals surface area contributed by atoms with Crippen LogP contribution < -0.4 is 5.32 Å². The van der Waals surface area contributed by atoms with Gasteiger partial charge in [-0.2, -0.15) is 0 Å². The highest BCUT2D eigenvalue weighted by atomic mass is 16.6. The van der Waals surface area contributed by atoms with Crippen LogP contribution in [0, 0.1) is 0 Å². The predicted octanol–water partition coefficient (Wildman–Crippen LogP) is 2.97. The minimum atomic E-state index is -0.501. The van der Waals surface area contributed by atoms with Crippen molar-refractivity contribution >= 4 is 6.09 Å². The molecule has 0 radical (unpaired) electrons. The Kier molecular flexibility index (Phi) is 5.36. The Labute approximate surface area is 115 Å². The fourth-order valence-electron chi connectivity index (χ4n) is 1.58. The second-order valence-electron chi connectivity index (χ2n) is 5.58. The quantitative estimate of drug-likeness (QED) is 0.593. The highest BCUT2D eigenvalue weighted by molar-refractivity contribution is 5.68. The molecule has 1 rings (SSSR count). The van der Waals surface area contributed by atoms with Gasteiger partial charge in [-0.1, -0.05) is 37.0 Å². The van der Waals surface area contributed by atoms with E-state index < -0.39 is 11.7 Å². The molecule has 0 saturated carbocycles. The number of nitrogens with one attached hydrogen (secondary N) is 1. The third-order valence-electron chi connectivity index (χ3n) is 2.46. The van der Waals surface area contributed by atoms with E-state index in [9.17, 15) is 4.79 Å². The van der Waals surface area contributed by atoms with Crippen molar-refractivity contribution in [3.8, 4) is 0 Å². The number of hydrogen-bond donors (Lipinski definition) is 1. The number of amides is 1. The molecule has 1 heterocycles. The van der Waals surface area contributed by atoms with Gasteiger partial charge < -0.3 is 14.8 Å². The number of carbonyl (C=O) groups is 1. The number of carbonyl (C=O) groups excluding carboxylic acids is 1. The molecule has 0 aromatic carbocycles. The van der Waals surface area contributed by atoms with E-state index in [1.807, 2.05) is 32.9 Å². The lowest BCUT2D eigenvalue weighted by Gasteiger charge is -2.23. The number of hydrogen-bond acceptors (Lipinski definition) is 3. The first-order valence-electron chi connectivity index (χ1n) is 6.40. The normalized spacial score (nSPS) is 19.8. The number of ether oxygens (including phenoxy) is 2. The zero-order chi connectivity index (χ0) is 14.5. The van der Waals surface area contributed by atoms with E-state index in [0.717, 1.165) is 5.57 Å². The predicted molar refractivity (Wildman–Crippen MR) is 76.0 cm³/mol. The third kappa shape index (κ3) is 6.82. The topological polar surface area (TPSA) is 50.9 Å². The summed E-state index contributed by atoms with van der Waals surface area (Å²) in [6.07, 6.45) is 5.65. The molecule has 0 spiro atoms. The Morgan fingerprint density at radius 3 is 2.68 bits per heavy atom. The van der Waals surface area contributed by atoms with E-state index >= 15 is 0 Å². The molecule has 0 aromatic rings. The zero-order valence-electron chi connectivity index (χ0n) is 11.9. The summed E-state index contributed by atoms with van der Waals surface area (Å²) in [6, 6.07) is -0.100. The summed E-state index contributed by atoms with van der Waals surface area (Å²) in [6.45, 7) is 13.7. The molecule has 19 heavy (non-hydrogen) atoms. The molecule has 1 fully saturated rings. The lowest BCUT2D eigenvalue weighted by atomic mass is 10.0. The van der Waals surface area contributed by atoms with Crippen LogP contribution in [0.15, 0.2) is 37.0 Å². The zero-order valence-corrected chi connectivity index (χ0v) is 11.9. The van der Waals surface area contributed by atoms with Crippen molar-refractivity contribution in [2.75, 3.05) is 6.61 Å². The average Bonchev–Trinajstić information content (AvgIpc) is 3.06. The van der Waals surface area contributed by atoms with Crippen LogP contribution in [0.5, 0.6) is 0 Å². The second kappa shape index (κ2) is 6.57. The summed E-state index contributed by atoms with van der Waals surface area (Å²) in [4.78, 5) is 11.7. The lowest BCUT2D eigenvalue weighted by Crippen LogP contribution is -2.42. The molecule has 0 bridgehead atoms. The summed E-state index contributed by atoms with van der Waals surface area (Å²) >= 11 is 0. The first-order valence-corrected chi connectivity index (χ1v) is 6.40. The molecule has 1 aliphatic rings. The van der Waals surface area contributed by atoms with Gasteiger partial charge in [-0.15, -0.1) is 0 Å². The van der Waals surface area contributed by atoms with Crippen LogP contribution >= 0.6 is 0 Å². The van der Waals surface area contributed by atoms with E-state index in [4.69, 9.17) is 9.47 Å². The SMILES string of the molecule is C=C/C=C\C(=C)CC(NC(=O)OC(C)(C)C)C1CO1. The summed E-state index contributed by atoms with van der Waals surface area (Å²) in [5, 5.41) is 2.84. The van der Waals surface area contributed by atoms with E-state index in [1.165, 1.54) is 0 Å². The fraction of sp³-hybridized carbons (Fsp3) is 0.533. The maximum absolute atomic E-state index is 11.7. The van der Waals surface area contributed by atoms with E-state index in [-0.39, 0.29) is 12.1 Å². The van der Waals surface area contributed by atoms with Crippen LogP contribution in [0.1, 0.15) is 27.2 Å². The van der Waals surface area contributed by atoms with Gasteiger partial charge in [0.25, 0.3) is 0 Å². The number of alkyl carbamates (subject to hydrolysis) is 1. The van der Waals surface area contributed by atoms with Gasteiger partial charge in [0.05, 0.1) is 12.6 Å². The van der Waals surface area contributed by atoms with Crippen molar-refractivity contribution in [1.29, 1.82) is 0 Å². The highest BCUT2D eigenvalue weighted by Gasteiger charge is 2.34. The standard InChI is InChI=1S/C15H23NO3/c1-6-7-8-11(2)9-12(13-10-18-13)16-14(17)19-15(3,4)5/h6-8,12-13H,1-2,9-10H2,3-5H3,(H,16,17)/b8-7-. The molecular weight excluding hydrogens is 242 g/mol. The number of allylic oxidation sites excluding steroid dienone is 3. The van der Waals surface area contributed by atoms with Crippen molar-refractivity contribution in [3.05, 3.63) is 37.0 Å². The molecular formula is C15H23NO3. The van der Waals surface area contributed by atoms with Crippen LogP contribution in [0.3, 0.4) is 0 Å². The van der Waals surface area contributed by atoms with Gasteiger partial charge in [0.1, 0.15) is 11.7 Å². The Hall–Kier alpha value is -1.55. The second-order valence-corrected chi connectivity index (χ2v) is 5.58. The van der Waals surface area contributed by atoms with Crippen LogP contribution in [0.4, 0.5) is 4.79 Å². The largest absolute Gasteiger partial charge is 0.444 e. The first-order chi connectivity index (χ1) is 8.81. The number of rotatable bonds is 6. The van der Waals surface area contributed by atoms with E-state index in [2.05, 4.69) is 18.5 Å². The molecule has 1 amide bonds. The molecule has 0 aliphatic carbocycles. The number of epoxide rings is 1. The maximum Gasteiger partial charge on any atom is 0.407 e. The average molecular weight is 265 g/mol. The maximum atomic E-state index is 11.7. The Morgan fingerprint density at radius 1 is 1.58 bits per heavy atom. The van der Waals surface area contributed by atoms with Gasteiger partial charge in [-0.05, 0) is 27.2 Å². The molecule has 4 nitrogen and oxygen atoms in total. The highest BCUT2D eigenvalue weighted by Crippen LogP contribution is 2.20. The lowest BCUT2D eigenvalue weighted by molar-refractivity contribution is 0.0495. The van der Waals surface area contributed by atoms with Crippen molar-refractivity contribution in [2.24, 2.45) is 0 Å². The van der Waals surface area contributed by atoms with Gasteiger partial charge in [-0.3, -0.25) is 0 Å². The third-order valence-corrected chi connectivity index (χ3v) is 2.46. The summed E-state index contributed by atoms with van der Waals surface area (Å²) < 4.78 is 10.5. The minimum Gasteiger partial charge on any atom is -0.444 e. The molecule has 1 aliphatic heterocycles. The summed E-state index contributed by atoms with van der Waals surface area (Å²) in [5.74, 6) is 0. The minimum absolute atomic E-state index is 0.0569. The Morgan fingerprint density at radius 2 is 2.21 bits per heavy atom.